The van der Waals surface area contributed by atoms with Gasteiger partial charge in [-0.3, -0.25) is 0 Å². The van der Waals surface area contributed by atoms with Crippen LogP contribution in [0.25, 0.3) is 0 Å². The third-order valence-electron chi connectivity index (χ3n) is 2.70. The minimum Gasteiger partial charge on any atom is -0.390 e. The van der Waals surface area contributed by atoms with E-state index in [1.165, 1.54) is 0 Å². The Morgan fingerprint density at radius 1 is 1.58 bits per heavy atom. The van der Waals surface area contributed by atoms with Crippen LogP contribution in [0.2, 0.25) is 0 Å². The van der Waals surface area contributed by atoms with Crippen molar-refractivity contribution >= 4 is 0 Å². The highest BCUT2D eigenvalue weighted by Crippen LogP contribution is 2.23. The van der Waals surface area contributed by atoms with Gasteiger partial charge in [-0.1, -0.05) is 13.8 Å². The fourth-order valence-electron chi connectivity index (χ4n) is 1.20. The number of hydrogen-bond acceptors (Lipinski definition) is 3. The highest BCUT2D eigenvalue weighted by atomic mass is 16.5. The van der Waals surface area contributed by atoms with E-state index in [9.17, 15) is 5.11 Å². The van der Waals surface area contributed by atoms with Crippen molar-refractivity contribution in [3.63, 3.8) is 0 Å². The largest absolute Gasteiger partial charge is 0.390 e. The molecule has 0 aliphatic heterocycles. The van der Waals surface area contributed by atoms with Crippen LogP contribution in [-0.2, 0) is 4.74 Å². The lowest BCUT2D eigenvalue weighted by Crippen LogP contribution is -2.46. The number of aliphatic hydroxyl groups excluding tert-OH is 1. The zero-order chi connectivity index (χ0) is 9.78. The van der Waals surface area contributed by atoms with Gasteiger partial charge < -0.3 is 15.6 Å². The first-order valence-electron chi connectivity index (χ1n) is 4.45. The average Bonchev–Trinajstić information content (AvgIpc) is 2.14. The molecule has 0 radical (unpaired) electrons. The highest BCUT2D eigenvalue weighted by Gasteiger charge is 2.34. The summed E-state index contributed by atoms with van der Waals surface area (Å²) in [5, 5.41) is 9.83. The van der Waals surface area contributed by atoms with E-state index in [-0.39, 0.29) is 5.92 Å². The van der Waals surface area contributed by atoms with E-state index in [1.54, 1.807) is 7.11 Å². The summed E-state index contributed by atoms with van der Waals surface area (Å²) in [5.74, 6) is 0.0786. The molecule has 0 aromatic carbocycles. The molecule has 0 aliphatic rings. The van der Waals surface area contributed by atoms with Crippen molar-refractivity contribution < 1.29 is 9.84 Å². The summed E-state index contributed by atoms with van der Waals surface area (Å²) in [4.78, 5) is 0. The number of methoxy groups -OCH3 is 1. The number of nitrogens with two attached hydrogens (primary N) is 1. The van der Waals surface area contributed by atoms with E-state index < -0.39 is 11.7 Å². The Kier molecular flexibility index (Phi) is 4.75. The van der Waals surface area contributed by atoms with Crippen LogP contribution in [0.5, 0.6) is 0 Å². The predicted octanol–water partition coefficient (Wildman–Crippen LogP) is 0.757. The van der Waals surface area contributed by atoms with Crippen LogP contribution >= 0.6 is 0 Å². The Bertz CT molecular complexity index is 124. The molecule has 0 heterocycles. The number of ether oxygens (including phenoxy) is 1. The molecule has 0 aromatic heterocycles. The van der Waals surface area contributed by atoms with E-state index in [0.717, 1.165) is 6.42 Å². The summed E-state index contributed by atoms with van der Waals surface area (Å²) < 4.78 is 5.27. The predicted molar refractivity (Wildman–Crippen MR) is 49.9 cm³/mol. The Morgan fingerprint density at radius 3 is 2.33 bits per heavy atom. The molecule has 3 nitrogen and oxygen atoms in total. The summed E-state index contributed by atoms with van der Waals surface area (Å²) in [6.07, 6.45) is 0.298. The quantitative estimate of drug-likeness (QED) is 0.648. The smallest absolute Gasteiger partial charge is 0.0908 e. The van der Waals surface area contributed by atoms with E-state index in [1.807, 2.05) is 20.8 Å². The zero-order valence-electron chi connectivity index (χ0n) is 8.50. The van der Waals surface area contributed by atoms with Crippen molar-refractivity contribution in [1.82, 2.24) is 0 Å². The fraction of sp³-hybridized carbons (Fsp3) is 1.00. The maximum absolute atomic E-state index is 9.83. The second-order valence-corrected chi connectivity index (χ2v) is 3.53. The Labute approximate surface area is 74.9 Å². The van der Waals surface area contributed by atoms with Gasteiger partial charge in [0.2, 0.25) is 0 Å². The van der Waals surface area contributed by atoms with Gasteiger partial charge in [0.05, 0.1) is 11.7 Å². The second kappa shape index (κ2) is 4.80. The van der Waals surface area contributed by atoms with Crippen LogP contribution in [0.3, 0.4) is 0 Å². The Hall–Kier alpha value is -0.120. The van der Waals surface area contributed by atoms with Gasteiger partial charge >= 0.3 is 0 Å². The van der Waals surface area contributed by atoms with Gasteiger partial charge in [0.1, 0.15) is 0 Å². The molecule has 3 N–H and O–H groups in total. The first-order chi connectivity index (χ1) is 5.51. The fourth-order valence-corrected chi connectivity index (χ4v) is 1.20. The lowest BCUT2D eigenvalue weighted by Gasteiger charge is -2.35. The second-order valence-electron chi connectivity index (χ2n) is 3.53. The molecule has 74 valence electrons. The molecule has 0 fully saturated rings. The molecule has 3 heteroatoms. The first kappa shape index (κ1) is 11.9. The van der Waals surface area contributed by atoms with Crippen LogP contribution in [-0.4, -0.2) is 30.5 Å². The molecular formula is C9H21NO2. The van der Waals surface area contributed by atoms with Crippen LogP contribution in [0.15, 0.2) is 0 Å². The van der Waals surface area contributed by atoms with Crippen molar-refractivity contribution in [2.24, 2.45) is 11.7 Å². The van der Waals surface area contributed by atoms with Gasteiger partial charge in [-0.15, -0.1) is 0 Å². The molecular weight excluding hydrogens is 154 g/mol. The lowest BCUT2D eigenvalue weighted by atomic mass is 9.87. The van der Waals surface area contributed by atoms with Gasteiger partial charge in [-0.25, -0.2) is 0 Å². The SMILES string of the molecule is CCC(C)(OC)C(O)C(C)CN. The van der Waals surface area contributed by atoms with Crippen molar-refractivity contribution in [3.05, 3.63) is 0 Å². The molecule has 3 atom stereocenters. The van der Waals surface area contributed by atoms with Crippen LogP contribution in [0, 0.1) is 5.92 Å². The molecule has 0 saturated carbocycles. The molecule has 0 rings (SSSR count). The molecule has 0 bridgehead atoms. The Balaban J connectivity index is 4.29. The molecule has 0 spiro atoms. The van der Waals surface area contributed by atoms with Crippen LogP contribution < -0.4 is 5.73 Å². The van der Waals surface area contributed by atoms with Gasteiger partial charge in [-0.2, -0.15) is 0 Å². The first-order valence-corrected chi connectivity index (χ1v) is 4.45. The highest BCUT2D eigenvalue weighted by molar-refractivity contribution is 4.85. The molecule has 0 aliphatic carbocycles. The number of rotatable bonds is 5. The lowest BCUT2D eigenvalue weighted by molar-refractivity contribution is -0.110. The molecule has 12 heavy (non-hydrogen) atoms. The third-order valence-corrected chi connectivity index (χ3v) is 2.70. The van der Waals surface area contributed by atoms with Crippen LogP contribution in [0.1, 0.15) is 27.2 Å². The third kappa shape index (κ3) is 2.44. The number of aliphatic hydroxyl groups is 1. The summed E-state index contributed by atoms with van der Waals surface area (Å²) >= 11 is 0. The molecule has 3 unspecified atom stereocenters. The van der Waals surface area contributed by atoms with E-state index in [0.29, 0.717) is 6.54 Å². The van der Waals surface area contributed by atoms with Gasteiger partial charge in [-0.05, 0) is 25.8 Å². The maximum Gasteiger partial charge on any atom is 0.0908 e. The van der Waals surface area contributed by atoms with E-state index >= 15 is 0 Å². The summed E-state index contributed by atoms with van der Waals surface area (Å²) in [7, 11) is 1.62. The van der Waals surface area contributed by atoms with Crippen molar-refractivity contribution in [2.75, 3.05) is 13.7 Å². The van der Waals surface area contributed by atoms with E-state index in [4.69, 9.17) is 10.5 Å². The summed E-state index contributed by atoms with van der Waals surface area (Å²) in [5.41, 5.74) is 5.00. The average molecular weight is 175 g/mol. The van der Waals surface area contributed by atoms with Crippen molar-refractivity contribution in [3.8, 4) is 0 Å². The standard InChI is InChI=1S/C9H21NO2/c1-5-9(3,12-4)8(11)7(2)6-10/h7-8,11H,5-6,10H2,1-4H3. The van der Waals surface area contributed by atoms with Crippen molar-refractivity contribution in [1.29, 1.82) is 0 Å². The molecule has 0 aromatic rings. The van der Waals surface area contributed by atoms with Gasteiger partial charge in [0.15, 0.2) is 0 Å². The minimum absolute atomic E-state index is 0.0786. The maximum atomic E-state index is 9.83. The monoisotopic (exact) mass is 175 g/mol. The normalized spacial score (nSPS) is 21.5. The topological polar surface area (TPSA) is 55.5 Å². The molecule has 0 amide bonds. The van der Waals surface area contributed by atoms with Crippen molar-refractivity contribution in [2.45, 2.75) is 38.9 Å². The number of hydrogen-bond donors (Lipinski definition) is 2. The minimum atomic E-state index is -0.488. The molecule has 0 saturated heterocycles. The van der Waals surface area contributed by atoms with Crippen LogP contribution in [0.4, 0.5) is 0 Å². The van der Waals surface area contributed by atoms with Gasteiger partial charge in [0.25, 0.3) is 0 Å². The summed E-state index contributed by atoms with van der Waals surface area (Å²) in [6, 6.07) is 0. The zero-order valence-corrected chi connectivity index (χ0v) is 8.50. The van der Waals surface area contributed by atoms with E-state index in [2.05, 4.69) is 0 Å². The Morgan fingerprint density at radius 2 is 2.08 bits per heavy atom. The summed E-state index contributed by atoms with van der Waals surface area (Å²) in [6.45, 7) is 6.32. The van der Waals surface area contributed by atoms with Gasteiger partial charge in [0, 0.05) is 7.11 Å².